The van der Waals surface area contributed by atoms with Crippen LogP contribution in [0.3, 0.4) is 0 Å². The Morgan fingerprint density at radius 3 is 2.31 bits per heavy atom. The second-order valence-electron chi connectivity index (χ2n) is 14.5. The van der Waals surface area contributed by atoms with E-state index in [1.165, 1.54) is 7.11 Å². The van der Waals surface area contributed by atoms with Crippen molar-refractivity contribution < 1.29 is 28.7 Å². The van der Waals surface area contributed by atoms with Gasteiger partial charge in [0.05, 0.1) is 30.9 Å². The van der Waals surface area contributed by atoms with E-state index in [0.29, 0.717) is 51.3 Å². The number of benzene rings is 3. The van der Waals surface area contributed by atoms with Crippen molar-refractivity contribution in [3.05, 3.63) is 76.1 Å². The van der Waals surface area contributed by atoms with Crippen molar-refractivity contribution in [2.45, 2.75) is 50.6 Å². The van der Waals surface area contributed by atoms with Crippen LogP contribution in [0.15, 0.2) is 59.4 Å². The van der Waals surface area contributed by atoms with E-state index in [0.717, 1.165) is 80.2 Å². The van der Waals surface area contributed by atoms with Gasteiger partial charge in [0.2, 0.25) is 11.8 Å². The molecule has 0 aliphatic carbocycles. The van der Waals surface area contributed by atoms with Crippen molar-refractivity contribution in [3.8, 4) is 22.9 Å². The molecule has 14 heteroatoms. The number of amides is 4. The number of carbonyl (C=O) groups is 4. The number of aromatic nitrogens is 2. The fourth-order valence-electron chi connectivity index (χ4n) is 8.22. The summed E-state index contributed by atoms with van der Waals surface area (Å²) in [6.45, 7) is 4.47. The molecule has 0 spiro atoms. The first-order chi connectivity index (χ1) is 26.2. The largest absolute Gasteiger partial charge is 0.497 e. The van der Waals surface area contributed by atoms with Gasteiger partial charge in [-0.25, -0.2) is 4.98 Å². The van der Waals surface area contributed by atoms with Crippen molar-refractivity contribution in [1.82, 2.24) is 25.5 Å². The third-order valence-electron chi connectivity index (χ3n) is 11.2. The Hall–Kier alpha value is -5.76. The van der Waals surface area contributed by atoms with Gasteiger partial charge in [-0.2, -0.15) is 0 Å². The zero-order chi connectivity index (χ0) is 37.5. The van der Waals surface area contributed by atoms with Gasteiger partial charge in [0, 0.05) is 67.7 Å². The minimum atomic E-state index is -0.974. The molecular weight excluding hydrogens is 690 g/mol. The Morgan fingerprint density at radius 2 is 1.57 bits per heavy atom. The zero-order valence-corrected chi connectivity index (χ0v) is 30.4. The number of H-pyrrole nitrogens is 1. The SMILES string of the molecule is COc1cc(OC)c2c(=O)[nH]c(-c3ccc(N4CCC(CN[C@@H]5CCCN(c6ccc7c(c6)C(=O)N(C6CCC(=O)NC6=O)C7=O)C5)CC4)cc3)nc2c1. The first-order valence-electron chi connectivity index (χ1n) is 18.6. The van der Waals surface area contributed by atoms with E-state index >= 15 is 0 Å². The van der Waals surface area contributed by atoms with E-state index in [1.54, 1.807) is 31.4 Å². The van der Waals surface area contributed by atoms with E-state index in [4.69, 9.17) is 14.5 Å². The molecule has 0 radical (unpaired) electrons. The fourth-order valence-corrected chi connectivity index (χ4v) is 8.22. The van der Waals surface area contributed by atoms with Gasteiger partial charge in [-0.15, -0.1) is 0 Å². The lowest BCUT2D eigenvalue weighted by atomic mass is 9.95. The molecule has 4 aliphatic rings. The van der Waals surface area contributed by atoms with Gasteiger partial charge in [0.15, 0.2) is 0 Å². The number of methoxy groups -OCH3 is 2. The van der Waals surface area contributed by atoms with Crippen LogP contribution < -0.4 is 35.5 Å². The summed E-state index contributed by atoms with van der Waals surface area (Å²) in [4.78, 5) is 76.9. The van der Waals surface area contributed by atoms with Gasteiger partial charge in [0.25, 0.3) is 17.4 Å². The van der Waals surface area contributed by atoms with Crippen LogP contribution in [0.2, 0.25) is 0 Å². The van der Waals surface area contributed by atoms with Gasteiger partial charge >= 0.3 is 0 Å². The molecule has 3 aromatic carbocycles. The van der Waals surface area contributed by atoms with Crippen LogP contribution in [0.25, 0.3) is 22.3 Å². The van der Waals surface area contributed by atoms with Gasteiger partial charge in [-0.1, -0.05) is 0 Å². The molecule has 54 heavy (non-hydrogen) atoms. The molecule has 4 aromatic rings. The van der Waals surface area contributed by atoms with Gasteiger partial charge in [0.1, 0.15) is 28.8 Å². The Kier molecular flexibility index (Phi) is 9.52. The topological polar surface area (TPSA) is 166 Å². The Labute approximate surface area is 311 Å². The molecule has 1 unspecified atom stereocenters. The van der Waals surface area contributed by atoms with Crippen LogP contribution in [-0.2, 0) is 9.59 Å². The Balaban J connectivity index is 0.846. The number of hydrogen-bond acceptors (Lipinski definition) is 11. The Bertz CT molecular complexity index is 2200. The maximum Gasteiger partial charge on any atom is 0.262 e. The number of aromatic amines is 1. The summed E-state index contributed by atoms with van der Waals surface area (Å²) in [5.41, 5.74) is 3.66. The summed E-state index contributed by atoms with van der Waals surface area (Å²) in [5, 5.41) is 6.45. The predicted octanol–water partition coefficient (Wildman–Crippen LogP) is 3.48. The Morgan fingerprint density at radius 1 is 0.815 bits per heavy atom. The van der Waals surface area contributed by atoms with Crippen LogP contribution in [0, 0.1) is 5.92 Å². The number of rotatable bonds is 9. The molecule has 0 saturated carbocycles. The van der Waals surface area contributed by atoms with Crippen molar-refractivity contribution in [1.29, 1.82) is 0 Å². The molecular formula is C40H43N7O7. The second kappa shape index (κ2) is 14.6. The van der Waals surface area contributed by atoms with E-state index < -0.39 is 29.7 Å². The minimum absolute atomic E-state index is 0.0918. The molecule has 3 saturated heterocycles. The highest BCUT2D eigenvalue weighted by Crippen LogP contribution is 2.33. The highest BCUT2D eigenvalue weighted by atomic mass is 16.5. The van der Waals surface area contributed by atoms with E-state index in [-0.39, 0.29) is 18.4 Å². The quantitative estimate of drug-likeness (QED) is 0.216. The van der Waals surface area contributed by atoms with E-state index in [2.05, 4.69) is 37.6 Å². The molecule has 14 nitrogen and oxygen atoms in total. The smallest absolute Gasteiger partial charge is 0.262 e. The zero-order valence-electron chi connectivity index (χ0n) is 30.4. The van der Waals surface area contributed by atoms with Crippen molar-refractivity contribution in [2.75, 3.05) is 56.7 Å². The third-order valence-corrected chi connectivity index (χ3v) is 11.2. The maximum atomic E-state index is 13.4. The average molecular weight is 734 g/mol. The number of hydrogen-bond donors (Lipinski definition) is 3. The summed E-state index contributed by atoms with van der Waals surface area (Å²) >= 11 is 0. The number of fused-ring (bicyclic) bond motifs is 2. The summed E-state index contributed by atoms with van der Waals surface area (Å²) in [6, 6.07) is 16.2. The fraction of sp³-hybridized carbons (Fsp3) is 0.400. The van der Waals surface area contributed by atoms with Crippen LogP contribution in [0.4, 0.5) is 11.4 Å². The molecule has 8 rings (SSSR count). The average Bonchev–Trinajstić information content (AvgIpc) is 3.44. The number of piperidine rings is 3. The molecule has 5 heterocycles. The van der Waals surface area contributed by atoms with Crippen LogP contribution >= 0.6 is 0 Å². The normalized spacial score (nSPS) is 20.7. The number of ether oxygens (including phenoxy) is 2. The third kappa shape index (κ3) is 6.66. The predicted molar refractivity (Wildman–Crippen MR) is 202 cm³/mol. The molecule has 4 aliphatic heterocycles. The van der Waals surface area contributed by atoms with Crippen LogP contribution in [0.5, 0.6) is 11.5 Å². The van der Waals surface area contributed by atoms with Gasteiger partial charge in [-0.05, 0) is 87.0 Å². The second-order valence-corrected chi connectivity index (χ2v) is 14.5. The lowest BCUT2D eigenvalue weighted by molar-refractivity contribution is -0.136. The number of carbonyl (C=O) groups excluding carboxylic acids is 4. The molecule has 0 bridgehead atoms. The molecule has 1 aromatic heterocycles. The number of imide groups is 2. The van der Waals surface area contributed by atoms with E-state index in [1.807, 2.05) is 18.2 Å². The molecule has 3 fully saturated rings. The molecule has 4 amide bonds. The highest BCUT2D eigenvalue weighted by molar-refractivity contribution is 6.23. The first kappa shape index (κ1) is 35.3. The number of anilines is 2. The van der Waals surface area contributed by atoms with Gasteiger partial charge < -0.3 is 29.6 Å². The number of nitrogens with one attached hydrogen (secondary N) is 3. The number of nitrogens with zero attached hydrogens (tertiary/aromatic N) is 4. The lowest BCUT2D eigenvalue weighted by Crippen LogP contribution is -2.54. The lowest BCUT2D eigenvalue weighted by Gasteiger charge is -2.37. The van der Waals surface area contributed by atoms with Crippen molar-refractivity contribution in [2.24, 2.45) is 5.92 Å². The van der Waals surface area contributed by atoms with Crippen LogP contribution in [0.1, 0.15) is 59.2 Å². The monoisotopic (exact) mass is 733 g/mol. The van der Waals surface area contributed by atoms with Crippen LogP contribution in [-0.4, -0.2) is 97.5 Å². The summed E-state index contributed by atoms with van der Waals surface area (Å²) in [7, 11) is 3.08. The van der Waals surface area contributed by atoms with Gasteiger partial charge in [-0.3, -0.25) is 34.2 Å². The maximum absolute atomic E-state index is 13.4. The summed E-state index contributed by atoms with van der Waals surface area (Å²) in [6.07, 6.45) is 4.43. The molecule has 3 N–H and O–H groups in total. The minimum Gasteiger partial charge on any atom is -0.497 e. The van der Waals surface area contributed by atoms with Crippen molar-refractivity contribution >= 4 is 45.9 Å². The van der Waals surface area contributed by atoms with E-state index in [9.17, 15) is 24.0 Å². The molecule has 280 valence electrons. The highest BCUT2D eigenvalue weighted by Gasteiger charge is 2.45. The van der Waals surface area contributed by atoms with Crippen molar-refractivity contribution in [3.63, 3.8) is 0 Å². The standard InChI is InChI=1S/C40H43N7O7/c1-53-28-19-31-35(33(20-28)54-2)38(50)44-36(42-31)24-5-7-26(8-6-24)45-16-13-23(14-17-45)21-41-25-4-3-15-46(22-25)27-9-10-29-30(18-27)40(52)47(39(29)51)32-11-12-34(48)43-37(32)49/h5-10,18-20,23,25,32,41H,3-4,11-17,21-22H2,1-2H3,(H,42,44,50)(H,43,48,49)/t25-,32?/m1/s1. The summed E-state index contributed by atoms with van der Waals surface area (Å²) in [5.74, 6) is 0.0415. The molecule has 2 atom stereocenters. The summed E-state index contributed by atoms with van der Waals surface area (Å²) < 4.78 is 10.8. The first-order valence-corrected chi connectivity index (χ1v) is 18.6.